The minimum atomic E-state index is -3.89. The summed E-state index contributed by atoms with van der Waals surface area (Å²) >= 11 is 0. The molecule has 5 atom stereocenters. The van der Waals surface area contributed by atoms with Crippen LogP contribution >= 0.6 is 0 Å². The number of ether oxygens (including phenoxy) is 1. The summed E-state index contributed by atoms with van der Waals surface area (Å²) in [5, 5.41) is 7.85. The Bertz CT molecular complexity index is 1620. The van der Waals surface area contributed by atoms with E-state index in [9.17, 15) is 32.4 Å². The first-order chi connectivity index (χ1) is 23.5. The number of benzene rings is 1. The molecule has 2 heterocycles. The Morgan fingerprint density at radius 3 is 2.34 bits per heavy atom. The van der Waals surface area contributed by atoms with Crippen LogP contribution in [0.1, 0.15) is 88.9 Å². The first-order valence-corrected chi connectivity index (χ1v) is 19.0. The van der Waals surface area contributed by atoms with Gasteiger partial charge in [0.1, 0.15) is 23.2 Å². The van der Waals surface area contributed by atoms with E-state index in [0.717, 1.165) is 18.5 Å². The maximum absolute atomic E-state index is 14.3. The minimum absolute atomic E-state index is 0.0243. The fourth-order valence-electron chi connectivity index (χ4n) is 6.53. The zero-order valence-electron chi connectivity index (χ0n) is 29.5. The van der Waals surface area contributed by atoms with Crippen molar-refractivity contribution in [2.45, 2.75) is 113 Å². The first kappa shape index (κ1) is 37.1. The molecule has 5 amide bonds. The summed E-state index contributed by atoms with van der Waals surface area (Å²) in [6, 6.07) is 4.24. The second kappa shape index (κ2) is 14.6. The monoisotopic (exact) mass is 714 g/mol. The number of nitrogens with one attached hydrogen (secondary N) is 4. The van der Waals surface area contributed by atoms with E-state index in [2.05, 4.69) is 20.7 Å². The van der Waals surface area contributed by atoms with Crippen molar-refractivity contribution in [1.82, 2.24) is 25.6 Å². The fourth-order valence-corrected chi connectivity index (χ4v) is 7.90. The van der Waals surface area contributed by atoms with E-state index in [1.165, 1.54) is 4.90 Å². The third kappa shape index (κ3) is 8.95. The molecular weight excluding hydrogens is 664 g/mol. The van der Waals surface area contributed by atoms with E-state index in [4.69, 9.17) is 4.74 Å². The maximum atomic E-state index is 14.3. The highest BCUT2D eigenvalue weighted by molar-refractivity contribution is 7.91. The molecule has 3 fully saturated rings. The van der Waals surface area contributed by atoms with Gasteiger partial charge < -0.3 is 30.5 Å². The van der Waals surface area contributed by atoms with Crippen molar-refractivity contribution in [2.24, 2.45) is 5.92 Å². The molecule has 0 unspecified atom stereocenters. The predicted molar refractivity (Wildman–Crippen MR) is 187 cm³/mol. The van der Waals surface area contributed by atoms with Crippen LogP contribution in [0.2, 0.25) is 0 Å². The summed E-state index contributed by atoms with van der Waals surface area (Å²) in [5.41, 5.74) is -0.998. The molecule has 15 heteroatoms. The largest absolute Gasteiger partial charge is 0.444 e. The predicted octanol–water partition coefficient (Wildman–Crippen LogP) is 2.35. The number of rotatable bonds is 7. The summed E-state index contributed by atoms with van der Waals surface area (Å²) in [7, 11) is -0.106. The molecule has 1 aromatic rings. The number of hydrogen-bond donors (Lipinski definition) is 4. The van der Waals surface area contributed by atoms with Crippen molar-refractivity contribution in [2.75, 3.05) is 25.5 Å². The van der Waals surface area contributed by atoms with Gasteiger partial charge in [0, 0.05) is 43.9 Å². The standard InChI is InChI=1S/C35H50N6O8S/c1-34(2,3)49-33(46)37-27-12-10-8-6-7-9-11-23-20-35(23,32(45)39-50(47,48)26-17-18-26)38-30(43)28-19-24(21-41(28)31(27)44)36-29(42)22-13-15-25(16-14-22)40(4)5/h9,11,13-16,23-24,26-28H,6-8,10,12,17-21H2,1-5H3,(H,36,42)(H,37,46)(H,38,43)(H,39,45)/b11-9-/t23-,24-,27+,28+,35-/m1/s1. The molecule has 14 nitrogen and oxygen atoms in total. The van der Waals surface area contributed by atoms with E-state index in [1.807, 2.05) is 43.3 Å². The Labute approximate surface area is 294 Å². The summed E-state index contributed by atoms with van der Waals surface area (Å²) in [6.07, 6.45) is 7.33. The number of carbonyl (C=O) groups is 5. The molecule has 274 valence electrons. The lowest BCUT2D eigenvalue weighted by molar-refractivity contribution is -0.141. The van der Waals surface area contributed by atoms with Crippen LogP contribution in [0.4, 0.5) is 10.5 Å². The number of fused-ring (bicyclic) bond motifs is 2. The Hall–Kier alpha value is -4.14. The summed E-state index contributed by atoms with van der Waals surface area (Å²) in [6.45, 7) is 5.12. The molecule has 1 saturated heterocycles. The highest BCUT2D eigenvalue weighted by atomic mass is 32.2. The molecular formula is C35H50N6O8S. The Balaban J connectivity index is 1.42. The van der Waals surface area contributed by atoms with Crippen molar-refractivity contribution < 1.29 is 37.1 Å². The van der Waals surface area contributed by atoms with Gasteiger partial charge in [-0.05, 0) is 90.0 Å². The van der Waals surface area contributed by atoms with Crippen LogP contribution in [0.5, 0.6) is 0 Å². The molecule has 1 aromatic carbocycles. The Morgan fingerprint density at radius 2 is 1.70 bits per heavy atom. The number of nitrogens with zero attached hydrogens (tertiary/aromatic N) is 2. The van der Waals surface area contributed by atoms with E-state index in [0.29, 0.717) is 37.7 Å². The molecule has 0 spiro atoms. The van der Waals surface area contributed by atoms with Gasteiger partial charge in [-0.15, -0.1) is 0 Å². The molecule has 50 heavy (non-hydrogen) atoms. The lowest BCUT2D eigenvalue weighted by atomic mass is 10.0. The van der Waals surface area contributed by atoms with Gasteiger partial charge in [0.25, 0.3) is 11.8 Å². The highest BCUT2D eigenvalue weighted by Crippen LogP contribution is 2.46. The quantitative estimate of drug-likeness (QED) is 0.308. The molecule has 5 rings (SSSR count). The summed E-state index contributed by atoms with van der Waals surface area (Å²) < 4.78 is 33.1. The van der Waals surface area contributed by atoms with Crippen molar-refractivity contribution in [1.29, 1.82) is 0 Å². The molecule has 0 bridgehead atoms. The van der Waals surface area contributed by atoms with Gasteiger partial charge in [-0.3, -0.25) is 23.9 Å². The molecule has 2 saturated carbocycles. The second-order valence-corrected chi connectivity index (χ2v) is 17.0. The third-order valence-corrected chi connectivity index (χ3v) is 11.4. The Morgan fingerprint density at radius 1 is 1.00 bits per heavy atom. The molecule has 2 aliphatic carbocycles. The minimum Gasteiger partial charge on any atom is -0.444 e. The molecule has 2 aliphatic heterocycles. The van der Waals surface area contributed by atoms with Crippen molar-refractivity contribution >= 4 is 45.4 Å². The number of amides is 5. The SMILES string of the molecule is CN(C)c1ccc(C(=O)N[C@@H]2C[C@H]3C(=O)N[C@]4(C(=O)NS(=O)(=O)C5CC5)C[C@H]4/C=C\CCCCC[C@H](NC(=O)OC(C)(C)C)C(=O)N3C2)cc1. The zero-order valence-corrected chi connectivity index (χ0v) is 30.3. The number of carbonyl (C=O) groups excluding carboxylic acids is 5. The average molecular weight is 715 g/mol. The lowest BCUT2D eigenvalue weighted by Gasteiger charge is -2.30. The van der Waals surface area contributed by atoms with Crippen LogP contribution in [-0.4, -0.2) is 98.2 Å². The maximum Gasteiger partial charge on any atom is 0.408 e. The van der Waals surface area contributed by atoms with Crippen molar-refractivity contribution in [3.8, 4) is 0 Å². The number of hydrogen-bond acceptors (Lipinski definition) is 9. The van der Waals surface area contributed by atoms with Crippen molar-refractivity contribution in [3.63, 3.8) is 0 Å². The van der Waals surface area contributed by atoms with Crippen LogP contribution in [0.25, 0.3) is 0 Å². The summed E-state index contributed by atoms with van der Waals surface area (Å²) in [5.74, 6) is -2.78. The third-order valence-electron chi connectivity index (χ3n) is 9.55. The molecule has 0 radical (unpaired) electrons. The lowest BCUT2D eigenvalue weighted by Crippen LogP contribution is -2.58. The zero-order chi connectivity index (χ0) is 36.4. The van der Waals surface area contributed by atoms with E-state index >= 15 is 0 Å². The van der Waals surface area contributed by atoms with Gasteiger partial charge in [0.2, 0.25) is 21.8 Å². The number of sulfonamides is 1. The highest BCUT2D eigenvalue weighted by Gasteiger charge is 2.62. The van der Waals surface area contributed by atoms with E-state index < -0.39 is 74.3 Å². The molecule has 0 aromatic heterocycles. The molecule has 4 N–H and O–H groups in total. The van der Waals surface area contributed by atoms with Gasteiger partial charge in [0.15, 0.2) is 0 Å². The second-order valence-electron chi connectivity index (χ2n) is 15.1. The Kier molecular flexibility index (Phi) is 10.8. The van der Waals surface area contributed by atoms with Gasteiger partial charge in [-0.2, -0.15) is 0 Å². The number of allylic oxidation sites excluding steroid dienone is 1. The van der Waals surface area contributed by atoms with Gasteiger partial charge in [0.05, 0.1) is 5.25 Å². The number of anilines is 1. The van der Waals surface area contributed by atoms with Gasteiger partial charge in [-0.25, -0.2) is 13.2 Å². The van der Waals surface area contributed by atoms with Crippen LogP contribution in [0.3, 0.4) is 0 Å². The van der Waals surface area contributed by atoms with Gasteiger partial charge >= 0.3 is 6.09 Å². The molecule has 4 aliphatic rings. The van der Waals surface area contributed by atoms with E-state index in [1.54, 1.807) is 32.9 Å². The van der Waals surface area contributed by atoms with Crippen LogP contribution in [0.15, 0.2) is 36.4 Å². The van der Waals surface area contributed by atoms with E-state index in [-0.39, 0.29) is 25.3 Å². The smallest absolute Gasteiger partial charge is 0.408 e. The van der Waals surface area contributed by atoms with Crippen LogP contribution in [-0.2, 0) is 29.1 Å². The van der Waals surface area contributed by atoms with Gasteiger partial charge in [-0.1, -0.05) is 25.0 Å². The van der Waals surface area contributed by atoms with Crippen LogP contribution < -0.4 is 25.6 Å². The summed E-state index contributed by atoms with van der Waals surface area (Å²) in [4.78, 5) is 71.5. The first-order valence-electron chi connectivity index (χ1n) is 17.4. The van der Waals surface area contributed by atoms with Crippen molar-refractivity contribution in [3.05, 3.63) is 42.0 Å². The topological polar surface area (TPSA) is 183 Å². The fraction of sp³-hybridized carbons (Fsp3) is 0.629. The average Bonchev–Trinajstić information content (AvgIpc) is 3.95. The normalized spacial score (nSPS) is 28.1. The van der Waals surface area contributed by atoms with Crippen LogP contribution in [0, 0.1) is 5.92 Å². The number of alkyl carbamates (subject to hydrolysis) is 1.